The molecule has 1 aliphatic carbocycles. The van der Waals surface area contributed by atoms with Crippen molar-refractivity contribution < 1.29 is 14.7 Å². The van der Waals surface area contributed by atoms with Crippen molar-refractivity contribution >= 4 is 23.8 Å². The van der Waals surface area contributed by atoms with Crippen molar-refractivity contribution in [2.24, 2.45) is 5.92 Å². The van der Waals surface area contributed by atoms with Crippen molar-refractivity contribution in [2.45, 2.75) is 44.4 Å². The lowest BCUT2D eigenvalue weighted by Crippen LogP contribution is -2.44. The molecular weight excluding hydrogens is 264 g/mol. The number of urea groups is 1. The molecule has 0 aromatic rings. The minimum absolute atomic E-state index is 0.166. The number of nitrogens with zero attached hydrogens (tertiary/aromatic N) is 1. The van der Waals surface area contributed by atoms with Crippen LogP contribution in [0, 0.1) is 5.92 Å². The SMILES string of the molecule is CCSC1CCC(NC(=O)N(C)CC(C)C(=O)O)C1. The van der Waals surface area contributed by atoms with Gasteiger partial charge in [-0.15, -0.1) is 0 Å². The van der Waals surface area contributed by atoms with Crippen LogP contribution in [0.4, 0.5) is 4.79 Å². The number of carboxylic acids is 1. The first-order chi connectivity index (χ1) is 8.93. The van der Waals surface area contributed by atoms with Gasteiger partial charge < -0.3 is 15.3 Å². The molecule has 110 valence electrons. The Morgan fingerprint density at radius 1 is 1.47 bits per heavy atom. The number of amides is 2. The molecule has 0 aromatic heterocycles. The van der Waals surface area contributed by atoms with Gasteiger partial charge in [0.15, 0.2) is 0 Å². The van der Waals surface area contributed by atoms with Crippen molar-refractivity contribution in [3.63, 3.8) is 0 Å². The van der Waals surface area contributed by atoms with Crippen molar-refractivity contribution in [3.05, 3.63) is 0 Å². The number of nitrogens with one attached hydrogen (secondary N) is 1. The monoisotopic (exact) mass is 288 g/mol. The number of carbonyl (C=O) groups excluding carboxylic acids is 1. The lowest BCUT2D eigenvalue weighted by atomic mass is 10.2. The van der Waals surface area contributed by atoms with Crippen LogP contribution in [0.5, 0.6) is 0 Å². The van der Waals surface area contributed by atoms with Gasteiger partial charge in [-0.3, -0.25) is 4.79 Å². The summed E-state index contributed by atoms with van der Waals surface area (Å²) in [5.41, 5.74) is 0. The van der Waals surface area contributed by atoms with E-state index in [-0.39, 0.29) is 18.6 Å². The quantitative estimate of drug-likeness (QED) is 0.784. The van der Waals surface area contributed by atoms with Crippen LogP contribution in [0.2, 0.25) is 0 Å². The molecule has 0 bridgehead atoms. The first-order valence-corrected chi connectivity index (χ1v) is 7.85. The third kappa shape index (κ3) is 5.30. The summed E-state index contributed by atoms with van der Waals surface area (Å²) in [4.78, 5) is 24.1. The van der Waals surface area contributed by atoms with Gasteiger partial charge in [0, 0.05) is 24.9 Å². The summed E-state index contributed by atoms with van der Waals surface area (Å²) in [5, 5.41) is 12.5. The zero-order chi connectivity index (χ0) is 14.4. The Morgan fingerprint density at radius 3 is 2.74 bits per heavy atom. The highest BCUT2D eigenvalue weighted by atomic mass is 32.2. The molecule has 6 heteroatoms. The molecule has 3 atom stereocenters. The van der Waals surface area contributed by atoms with Gasteiger partial charge in [-0.05, 0) is 25.0 Å². The predicted molar refractivity (Wildman–Crippen MR) is 77.5 cm³/mol. The Balaban J connectivity index is 2.33. The fraction of sp³-hybridized carbons (Fsp3) is 0.846. The largest absolute Gasteiger partial charge is 0.481 e. The van der Waals surface area contributed by atoms with E-state index >= 15 is 0 Å². The van der Waals surface area contributed by atoms with Crippen LogP contribution in [-0.4, -0.2) is 52.6 Å². The molecule has 0 spiro atoms. The van der Waals surface area contributed by atoms with Gasteiger partial charge in [0.25, 0.3) is 0 Å². The lowest BCUT2D eigenvalue weighted by Gasteiger charge is -2.22. The van der Waals surface area contributed by atoms with Gasteiger partial charge in [0.1, 0.15) is 0 Å². The van der Waals surface area contributed by atoms with Crippen LogP contribution >= 0.6 is 11.8 Å². The van der Waals surface area contributed by atoms with Crippen LogP contribution < -0.4 is 5.32 Å². The summed E-state index contributed by atoms with van der Waals surface area (Å²) in [5.74, 6) is -0.302. The van der Waals surface area contributed by atoms with Crippen LogP contribution in [0.25, 0.3) is 0 Å². The minimum Gasteiger partial charge on any atom is -0.481 e. The van der Waals surface area contributed by atoms with Crippen LogP contribution in [-0.2, 0) is 4.79 Å². The molecule has 0 saturated heterocycles. The van der Waals surface area contributed by atoms with Crippen molar-refractivity contribution in [1.29, 1.82) is 0 Å². The molecule has 2 N–H and O–H groups in total. The normalized spacial score (nSPS) is 23.9. The van der Waals surface area contributed by atoms with E-state index in [1.165, 1.54) is 4.90 Å². The Labute approximate surface area is 119 Å². The number of aliphatic carboxylic acids is 1. The average Bonchev–Trinajstić information content (AvgIpc) is 2.76. The van der Waals surface area contributed by atoms with Crippen molar-refractivity contribution in [2.75, 3.05) is 19.3 Å². The van der Waals surface area contributed by atoms with Gasteiger partial charge in [0.2, 0.25) is 0 Å². The standard InChI is InChI=1S/C13H24N2O3S/c1-4-19-11-6-5-10(7-11)14-13(18)15(3)8-9(2)12(16)17/h9-11H,4-8H2,1-3H3,(H,14,18)(H,16,17). The van der Waals surface area contributed by atoms with Gasteiger partial charge in [-0.2, -0.15) is 11.8 Å². The maximum absolute atomic E-state index is 11.9. The van der Waals surface area contributed by atoms with E-state index < -0.39 is 11.9 Å². The second-order valence-electron chi connectivity index (χ2n) is 5.16. The molecule has 19 heavy (non-hydrogen) atoms. The molecule has 3 unspecified atom stereocenters. The zero-order valence-electron chi connectivity index (χ0n) is 11.9. The Kier molecular flexibility index (Phi) is 6.48. The highest BCUT2D eigenvalue weighted by molar-refractivity contribution is 7.99. The molecule has 1 aliphatic rings. The first-order valence-electron chi connectivity index (χ1n) is 6.80. The van der Waals surface area contributed by atoms with E-state index in [1.54, 1.807) is 14.0 Å². The zero-order valence-corrected chi connectivity index (χ0v) is 12.7. The lowest BCUT2D eigenvalue weighted by molar-refractivity contribution is -0.141. The summed E-state index contributed by atoms with van der Waals surface area (Å²) in [6, 6.07) is 0.0689. The second kappa shape index (κ2) is 7.62. The average molecular weight is 288 g/mol. The Bertz CT molecular complexity index is 325. The summed E-state index contributed by atoms with van der Waals surface area (Å²) in [6.07, 6.45) is 3.19. The molecule has 1 saturated carbocycles. The van der Waals surface area contributed by atoms with Gasteiger partial charge in [-0.1, -0.05) is 13.8 Å². The highest BCUT2D eigenvalue weighted by Crippen LogP contribution is 2.29. The van der Waals surface area contributed by atoms with E-state index in [4.69, 9.17) is 5.11 Å². The van der Waals surface area contributed by atoms with E-state index in [9.17, 15) is 9.59 Å². The number of carboxylic acid groups (broad SMARTS) is 1. The molecular formula is C13H24N2O3S. The second-order valence-corrected chi connectivity index (χ2v) is 6.73. The molecule has 5 nitrogen and oxygen atoms in total. The van der Waals surface area contributed by atoms with Crippen LogP contribution in [0.1, 0.15) is 33.1 Å². The summed E-state index contributed by atoms with van der Waals surface area (Å²) < 4.78 is 0. The molecule has 1 rings (SSSR count). The third-order valence-corrected chi connectivity index (χ3v) is 4.66. The number of thioether (sulfide) groups is 1. The number of rotatable bonds is 6. The smallest absolute Gasteiger partial charge is 0.317 e. The number of hydrogen-bond donors (Lipinski definition) is 2. The summed E-state index contributed by atoms with van der Waals surface area (Å²) >= 11 is 1.95. The van der Waals surface area contributed by atoms with Crippen LogP contribution in [0.3, 0.4) is 0 Å². The molecule has 0 aliphatic heterocycles. The number of hydrogen-bond acceptors (Lipinski definition) is 3. The summed E-state index contributed by atoms with van der Waals surface area (Å²) in [6.45, 7) is 3.99. The topological polar surface area (TPSA) is 69.6 Å². The molecule has 0 radical (unpaired) electrons. The molecule has 0 heterocycles. The van der Waals surface area contributed by atoms with E-state index in [0.717, 1.165) is 25.0 Å². The van der Waals surface area contributed by atoms with E-state index in [2.05, 4.69) is 12.2 Å². The maximum atomic E-state index is 11.9. The molecule has 0 aromatic carbocycles. The van der Waals surface area contributed by atoms with Gasteiger partial charge in [0.05, 0.1) is 5.92 Å². The van der Waals surface area contributed by atoms with E-state index in [0.29, 0.717) is 5.25 Å². The molecule has 1 fully saturated rings. The fourth-order valence-corrected chi connectivity index (χ4v) is 3.46. The Hall–Kier alpha value is -0.910. The number of carbonyl (C=O) groups is 2. The van der Waals surface area contributed by atoms with E-state index in [1.807, 2.05) is 11.8 Å². The predicted octanol–water partition coefficient (Wildman–Crippen LogP) is 2.02. The van der Waals surface area contributed by atoms with Crippen molar-refractivity contribution in [1.82, 2.24) is 10.2 Å². The third-order valence-electron chi connectivity index (χ3n) is 3.43. The maximum Gasteiger partial charge on any atom is 0.317 e. The van der Waals surface area contributed by atoms with Crippen molar-refractivity contribution in [3.8, 4) is 0 Å². The minimum atomic E-state index is -0.875. The highest BCUT2D eigenvalue weighted by Gasteiger charge is 2.27. The Morgan fingerprint density at radius 2 is 2.16 bits per heavy atom. The first kappa shape index (κ1) is 16.1. The fourth-order valence-electron chi connectivity index (χ4n) is 2.31. The van der Waals surface area contributed by atoms with Crippen LogP contribution in [0.15, 0.2) is 0 Å². The van der Waals surface area contributed by atoms with Gasteiger partial charge >= 0.3 is 12.0 Å². The van der Waals surface area contributed by atoms with Gasteiger partial charge in [-0.25, -0.2) is 4.79 Å². The summed E-state index contributed by atoms with van der Waals surface area (Å²) in [7, 11) is 1.64. The molecule has 2 amide bonds.